The number of nitrogens with one attached hydrogen (secondary N) is 1. The molecule has 1 heterocycles. The second kappa shape index (κ2) is 8.78. The first-order valence-corrected chi connectivity index (χ1v) is 7.81. The normalized spacial score (nSPS) is 10.2. The number of rotatable bonds is 6. The number of halogens is 2. The molecule has 0 spiro atoms. The molecule has 0 aliphatic carbocycles. The number of hydrogen-bond acceptors (Lipinski definition) is 3. The number of methoxy groups -OCH3 is 1. The lowest BCUT2D eigenvalue weighted by Crippen LogP contribution is -2.11. The predicted molar refractivity (Wildman–Crippen MR) is 99.9 cm³/mol. The highest BCUT2D eigenvalue weighted by molar-refractivity contribution is 6.33. The second-order valence-corrected chi connectivity index (χ2v) is 5.60. The van der Waals surface area contributed by atoms with Crippen LogP contribution in [0.25, 0.3) is 11.3 Å². The van der Waals surface area contributed by atoms with E-state index in [1.165, 1.54) is 5.56 Å². The molecule has 2 aromatic carbocycles. The van der Waals surface area contributed by atoms with E-state index in [1.807, 2.05) is 60.7 Å². The Kier molecular flexibility index (Phi) is 6.73. The summed E-state index contributed by atoms with van der Waals surface area (Å²) in [4.78, 5) is 0. The summed E-state index contributed by atoms with van der Waals surface area (Å²) in [5.41, 5.74) is 2.11. The van der Waals surface area contributed by atoms with Crippen molar-refractivity contribution in [3.05, 3.63) is 77.0 Å². The second-order valence-electron chi connectivity index (χ2n) is 5.20. The Hall–Kier alpha value is -1.94. The summed E-state index contributed by atoms with van der Waals surface area (Å²) in [7, 11) is 1.67. The predicted octanol–water partition coefficient (Wildman–Crippen LogP) is 5.32. The smallest absolute Gasteiger partial charge is 0.135 e. The lowest BCUT2D eigenvalue weighted by atomic mass is 10.2. The van der Waals surface area contributed by atoms with E-state index in [2.05, 4.69) is 5.32 Å². The van der Waals surface area contributed by atoms with Crippen LogP contribution in [-0.4, -0.2) is 7.11 Å². The summed E-state index contributed by atoms with van der Waals surface area (Å²) in [5, 5.41) is 4.06. The summed E-state index contributed by atoms with van der Waals surface area (Å²) in [5.74, 6) is 2.54. The molecule has 1 N–H and O–H groups in total. The van der Waals surface area contributed by atoms with Gasteiger partial charge >= 0.3 is 0 Å². The van der Waals surface area contributed by atoms with E-state index in [4.69, 9.17) is 20.8 Å². The van der Waals surface area contributed by atoms with Crippen LogP contribution in [0.1, 0.15) is 11.3 Å². The fraction of sp³-hybridized carbons (Fsp3) is 0.158. The summed E-state index contributed by atoms with van der Waals surface area (Å²) in [6, 6.07) is 19.6. The van der Waals surface area contributed by atoms with E-state index in [-0.39, 0.29) is 12.4 Å². The quantitative estimate of drug-likeness (QED) is 0.643. The lowest BCUT2D eigenvalue weighted by molar-refractivity contribution is 0.414. The summed E-state index contributed by atoms with van der Waals surface area (Å²) >= 11 is 6.19. The summed E-state index contributed by atoms with van der Waals surface area (Å²) in [6.07, 6.45) is 0. The molecule has 0 radical (unpaired) electrons. The molecular formula is C19H19Cl2NO2. The third-order valence-electron chi connectivity index (χ3n) is 3.59. The Morgan fingerprint density at radius 1 is 0.958 bits per heavy atom. The van der Waals surface area contributed by atoms with Gasteiger partial charge in [-0.3, -0.25) is 0 Å². The van der Waals surface area contributed by atoms with Crippen molar-refractivity contribution in [3.8, 4) is 17.1 Å². The van der Waals surface area contributed by atoms with Crippen LogP contribution in [0, 0.1) is 0 Å². The van der Waals surface area contributed by atoms with Crippen LogP contribution in [0.4, 0.5) is 0 Å². The third kappa shape index (κ3) is 4.54. The van der Waals surface area contributed by atoms with Crippen LogP contribution < -0.4 is 10.1 Å². The molecule has 0 aliphatic rings. The Balaban J connectivity index is 0.00000208. The van der Waals surface area contributed by atoms with Gasteiger partial charge in [-0.15, -0.1) is 12.4 Å². The Morgan fingerprint density at radius 2 is 1.71 bits per heavy atom. The lowest BCUT2D eigenvalue weighted by Gasteiger charge is -2.05. The maximum Gasteiger partial charge on any atom is 0.135 e. The van der Waals surface area contributed by atoms with Gasteiger partial charge in [0.2, 0.25) is 0 Å². The molecule has 0 aliphatic heterocycles. The highest BCUT2D eigenvalue weighted by Crippen LogP contribution is 2.28. The van der Waals surface area contributed by atoms with Crippen molar-refractivity contribution in [1.29, 1.82) is 0 Å². The van der Waals surface area contributed by atoms with Crippen LogP contribution in [-0.2, 0) is 13.1 Å². The molecule has 0 saturated carbocycles. The van der Waals surface area contributed by atoms with Crippen LogP contribution in [0.15, 0.2) is 65.1 Å². The fourth-order valence-corrected chi connectivity index (χ4v) is 2.58. The molecular weight excluding hydrogens is 345 g/mol. The summed E-state index contributed by atoms with van der Waals surface area (Å²) in [6.45, 7) is 1.43. The number of furan rings is 1. The van der Waals surface area contributed by atoms with Gasteiger partial charge in [0.15, 0.2) is 0 Å². The Bertz CT molecular complexity index is 769. The molecule has 1 aromatic heterocycles. The van der Waals surface area contributed by atoms with Crippen LogP contribution in [0.2, 0.25) is 5.02 Å². The number of ether oxygens (including phenoxy) is 1. The van der Waals surface area contributed by atoms with Crippen molar-refractivity contribution < 1.29 is 9.15 Å². The van der Waals surface area contributed by atoms with Crippen molar-refractivity contribution in [2.24, 2.45) is 0 Å². The largest absolute Gasteiger partial charge is 0.497 e. The van der Waals surface area contributed by atoms with Gasteiger partial charge in [0, 0.05) is 12.1 Å². The molecule has 0 saturated heterocycles. The molecule has 0 atom stereocenters. The van der Waals surface area contributed by atoms with Gasteiger partial charge in [0.05, 0.1) is 18.7 Å². The molecule has 5 heteroatoms. The van der Waals surface area contributed by atoms with Gasteiger partial charge < -0.3 is 14.5 Å². The Morgan fingerprint density at radius 3 is 2.42 bits per heavy atom. The average molecular weight is 364 g/mol. The maximum absolute atomic E-state index is 6.19. The first kappa shape index (κ1) is 18.4. The van der Waals surface area contributed by atoms with E-state index in [0.29, 0.717) is 11.6 Å². The number of benzene rings is 2. The van der Waals surface area contributed by atoms with Crippen molar-refractivity contribution in [1.82, 2.24) is 5.32 Å². The number of hydrogen-bond donors (Lipinski definition) is 1. The molecule has 3 rings (SSSR count). The first-order valence-electron chi connectivity index (χ1n) is 7.43. The minimum atomic E-state index is 0. The standard InChI is InChI=1S/C19H18ClNO2.ClH/c1-22-15-8-6-14(7-9-15)12-21-13-16-10-11-19(23-16)17-4-2-3-5-18(17)20;/h2-11,21H,12-13H2,1H3;1H. The van der Waals surface area contributed by atoms with Crippen molar-refractivity contribution in [2.75, 3.05) is 7.11 Å². The molecule has 3 aromatic rings. The molecule has 0 unspecified atom stereocenters. The Labute approximate surface area is 153 Å². The zero-order valence-corrected chi connectivity index (χ0v) is 14.9. The van der Waals surface area contributed by atoms with Crippen LogP contribution in [0.3, 0.4) is 0 Å². The van der Waals surface area contributed by atoms with Gasteiger partial charge in [-0.25, -0.2) is 0 Å². The van der Waals surface area contributed by atoms with Crippen molar-refractivity contribution in [2.45, 2.75) is 13.1 Å². The minimum Gasteiger partial charge on any atom is -0.497 e. The molecule has 3 nitrogen and oxygen atoms in total. The zero-order valence-electron chi connectivity index (χ0n) is 13.3. The fourth-order valence-electron chi connectivity index (χ4n) is 2.35. The average Bonchev–Trinajstić information content (AvgIpc) is 3.04. The van der Waals surface area contributed by atoms with E-state index >= 15 is 0 Å². The van der Waals surface area contributed by atoms with Crippen molar-refractivity contribution in [3.63, 3.8) is 0 Å². The molecule has 0 bridgehead atoms. The molecule has 126 valence electrons. The maximum atomic E-state index is 6.19. The van der Waals surface area contributed by atoms with Gasteiger partial charge in [-0.05, 0) is 42.0 Å². The third-order valence-corrected chi connectivity index (χ3v) is 3.92. The zero-order chi connectivity index (χ0) is 16.1. The van der Waals surface area contributed by atoms with E-state index < -0.39 is 0 Å². The minimum absolute atomic E-state index is 0. The van der Waals surface area contributed by atoms with Gasteiger partial charge in [-0.2, -0.15) is 0 Å². The monoisotopic (exact) mass is 363 g/mol. The van der Waals surface area contributed by atoms with E-state index in [0.717, 1.165) is 29.4 Å². The molecule has 0 amide bonds. The van der Waals surface area contributed by atoms with E-state index in [1.54, 1.807) is 7.11 Å². The topological polar surface area (TPSA) is 34.4 Å². The highest BCUT2D eigenvalue weighted by Gasteiger charge is 2.07. The summed E-state index contributed by atoms with van der Waals surface area (Å²) < 4.78 is 11.0. The van der Waals surface area contributed by atoms with Crippen LogP contribution >= 0.6 is 24.0 Å². The van der Waals surface area contributed by atoms with Gasteiger partial charge in [0.25, 0.3) is 0 Å². The van der Waals surface area contributed by atoms with Crippen molar-refractivity contribution >= 4 is 24.0 Å². The van der Waals surface area contributed by atoms with Gasteiger partial charge in [-0.1, -0.05) is 35.9 Å². The van der Waals surface area contributed by atoms with Gasteiger partial charge in [0.1, 0.15) is 17.3 Å². The van der Waals surface area contributed by atoms with E-state index in [9.17, 15) is 0 Å². The highest BCUT2D eigenvalue weighted by atomic mass is 35.5. The molecule has 24 heavy (non-hydrogen) atoms. The van der Waals surface area contributed by atoms with Crippen LogP contribution in [0.5, 0.6) is 5.75 Å². The SMILES string of the molecule is COc1ccc(CNCc2ccc(-c3ccccc3Cl)o2)cc1.Cl. The molecule has 0 fully saturated rings. The first-order chi connectivity index (χ1) is 11.3.